The van der Waals surface area contributed by atoms with Crippen LogP contribution in [0.2, 0.25) is 0 Å². The van der Waals surface area contributed by atoms with Crippen molar-refractivity contribution >= 4 is 21.6 Å². The fraction of sp³-hybridized carbons (Fsp3) is 0.381. The molecule has 1 heterocycles. The molecule has 0 bridgehead atoms. The second-order valence-electron chi connectivity index (χ2n) is 7.00. The number of hydrogen-bond acceptors (Lipinski definition) is 4. The topological polar surface area (TPSA) is 75.7 Å². The van der Waals surface area contributed by atoms with Gasteiger partial charge in [0.2, 0.25) is 10.0 Å². The molecule has 0 spiro atoms. The van der Waals surface area contributed by atoms with Crippen LogP contribution in [-0.4, -0.2) is 38.8 Å². The maximum absolute atomic E-state index is 13.2. The number of amides is 1. The van der Waals surface area contributed by atoms with Crippen LogP contribution in [0.5, 0.6) is 5.75 Å². The summed E-state index contributed by atoms with van der Waals surface area (Å²) in [6.07, 6.45) is 3.74. The van der Waals surface area contributed by atoms with E-state index in [1.807, 2.05) is 31.2 Å². The molecule has 1 saturated heterocycles. The van der Waals surface area contributed by atoms with Gasteiger partial charge in [-0.25, -0.2) is 8.42 Å². The van der Waals surface area contributed by atoms with Crippen LogP contribution < -0.4 is 10.1 Å². The molecular formula is C21H26N2O4S. The summed E-state index contributed by atoms with van der Waals surface area (Å²) in [4.78, 5) is 12.7. The van der Waals surface area contributed by atoms with E-state index >= 15 is 0 Å². The van der Waals surface area contributed by atoms with E-state index in [1.165, 1.54) is 23.5 Å². The molecule has 7 heteroatoms. The minimum Gasteiger partial charge on any atom is -0.495 e. The number of methoxy groups -OCH3 is 1. The summed E-state index contributed by atoms with van der Waals surface area (Å²) in [5.41, 5.74) is 2.02. The Kier molecular flexibility index (Phi) is 6.36. The Hall–Kier alpha value is -2.38. The molecule has 0 atom stereocenters. The van der Waals surface area contributed by atoms with Gasteiger partial charge in [-0.15, -0.1) is 0 Å². The number of nitrogens with one attached hydrogen (secondary N) is 1. The molecule has 6 nitrogen and oxygen atoms in total. The number of rotatable bonds is 5. The highest BCUT2D eigenvalue weighted by atomic mass is 32.2. The lowest BCUT2D eigenvalue weighted by molar-refractivity contribution is 0.102. The van der Waals surface area contributed by atoms with Crippen molar-refractivity contribution in [2.24, 2.45) is 0 Å². The lowest BCUT2D eigenvalue weighted by Gasteiger charge is -2.21. The maximum Gasteiger partial charge on any atom is 0.255 e. The van der Waals surface area contributed by atoms with Crippen molar-refractivity contribution in [3.63, 3.8) is 0 Å². The first kappa shape index (κ1) is 20.4. The van der Waals surface area contributed by atoms with Crippen LogP contribution >= 0.6 is 0 Å². The smallest absolute Gasteiger partial charge is 0.255 e. The van der Waals surface area contributed by atoms with Gasteiger partial charge in [-0.1, -0.05) is 30.5 Å². The third-order valence-electron chi connectivity index (χ3n) is 4.92. The second-order valence-corrected chi connectivity index (χ2v) is 8.91. The number of anilines is 1. The predicted molar refractivity (Wildman–Crippen MR) is 109 cm³/mol. The minimum absolute atomic E-state index is 0.0356. The number of ether oxygens (including phenoxy) is 1. The predicted octanol–water partition coefficient (Wildman–Crippen LogP) is 3.82. The number of sulfonamides is 1. The van der Waals surface area contributed by atoms with Crippen molar-refractivity contribution in [3.05, 3.63) is 53.6 Å². The summed E-state index contributed by atoms with van der Waals surface area (Å²) in [6, 6.07) is 11.9. The average Bonchev–Trinajstić information content (AvgIpc) is 2.99. The highest BCUT2D eigenvalue weighted by Crippen LogP contribution is 2.29. The van der Waals surface area contributed by atoms with Crippen LogP contribution in [-0.2, 0) is 10.0 Å². The molecule has 1 N–H and O–H groups in total. The normalized spacial score (nSPS) is 15.6. The Bertz CT molecular complexity index is 931. The Morgan fingerprint density at radius 3 is 2.25 bits per heavy atom. The number of hydrogen-bond donors (Lipinski definition) is 1. The summed E-state index contributed by atoms with van der Waals surface area (Å²) < 4.78 is 33.2. The molecule has 1 aliphatic heterocycles. The second kappa shape index (κ2) is 8.75. The van der Waals surface area contributed by atoms with Gasteiger partial charge in [-0.3, -0.25) is 4.79 Å². The fourth-order valence-electron chi connectivity index (χ4n) is 3.28. The van der Waals surface area contributed by atoms with Crippen LogP contribution in [0.3, 0.4) is 0 Å². The zero-order valence-corrected chi connectivity index (χ0v) is 17.1. The summed E-state index contributed by atoms with van der Waals surface area (Å²) in [6.45, 7) is 2.95. The third-order valence-corrected chi connectivity index (χ3v) is 6.84. The van der Waals surface area contributed by atoms with E-state index in [2.05, 4.69) is 5.32 Å². The number of carbonyl (C=O) groups excluding carboxylic acids is 1. The summed E-state index contributed by atoms with van der Waals surface area (Å²) >= 11 is 0. The molecule has 1 amide bonds. The lowest BCUT2D eigenvalue weighted by Crippen LogP contribution is -2.32. The van der Waals surface area contributed by atoms with Crippen LogP contribution in [0, 0.1) is 6.92 Å². The average molecular weight is 403 g/mol. The minimum atomic E-state index is -3.73. The molecule has 0 unspecified atom stereocenters. The molecule has 3 rings (SSSR count). The summed E-state index contributed by atoms with van der Waals surface area (Å²) in [5, 5.41) is 2.80. The van der Waals surface area contributed by atoms with Gasteiger partial charge in [-0.2, -0.15) is 4.31 Å². The van der Waals surface area contributed by atoms with E-state index in [1.54, 1.807) is 6.07 Å². The van der Waals surface area contributed by atoms with Gasteiger partial charge in [-0.05, 0) is 50.1 Å². The van der Waals surface area contributed by atoms with Crippen LogP contribution in [0.25, 0.3) is 0 Å². The SMILES string of the molecule is COc1ccc(C(=O)Nc2ccc(C)cc2)cc1S(=O)(=O)N1CCCCCC1. The third kappa shape index (κ3) is 4.54. The molecular weight excluding hydrogens is 376 g/mol. The highest BCUT2D eigenvalue weighted by molar-refractivity contribution is 7.89. The standard InChI is InChI=1S/C21H26N2O4S/c1-16-7-10-18(11-8-16)22-21(24)17-9-12-19(27-2)20(15-17)28(25,26)23-13-5-3-4-6-14-23/h7-12,15H,3-6,13-14H2,1-2H3,(H,22,24). The Morgan fingerprint density at radius 1 is 1.00 bits per heavy atom. The van der Waals surface area contributed by atoms with Crippen molar-refractivity contribution < 1.29 is 17.9 Å². The molecule has 0 saturated carbocycles. The quantitative estimate of drug-likeness (QED) is 0.825. The van der Waals surface area contributed by atoms with Crippen molar-refractivity contribution in [1.82, 2.24) is 4.31 Å². The van der Waals surface area contributed by atoms with Crippen LogP contribution in [0.4, 0.5) is 5.69 Å². The molecule has 0 aliphatic carbocycles. The zero-order valence-electron chi connectivity index (χ0n) is 16.3. The molecule has 0 aromatic heterocycles. The van der Waals surface area contributed by atoms with E-state index in [-0.39, 0.29) is 22.1 Å². The number of nitrogens with zero attached hydrogens (tertiary/aromatic N) is 1. The summed E-state index contributed by atoms with van der Waals surface area (Å²) in [5.74, 6) is -0.116. The first-order valence-electron chi connectivity index (χ1n) is 9.48. The number of aryl methyl sites for hydroxylation is 1. The first-order chi connectivity index (χ1) is 13.4. The number of benzene rings is 2. The van der Waals surface area contributed by atoms with E-state index in [0.29, 0.717) is 18.8 Å². The Morgan fingerprint density at radius 2 is 1.64 bits per heavy atom. The molecule has 2 aromatic rings. The Balaban J connectivity index is 1.90. The van der Waals surface area contributed by atoms with E-state index in [4.69, 9.17) is 4.74 Å². The summed E-state index contributed by atoms with van der Waals surface area (Å²) in [7, 11) is -2.30. The van der Waals surface area contributed by atoms with Gasteiger partial charge in [0.25, 0.3) is 5.91 Å². The van der Waals surface area contributed by atoms with Gasteiger partial charge in [0, 0.05) is 24.3 Å². The van der Waals surface area contributed by atoms with Crippen molar-refractivity contribution in [2.75, 3.05) is 25.5 Å². The van der Waals surface area contributed by atoms with E-state index in [0.717, 1.165) is 31.2 Å². The van der Waals surface area contributed by atoms with Crippen molar-refractivity contribution in [1.29, 1.82) is 0 Å². The Labute approximate surface area is 166 Å². The fourth-order valence-corrected chi connectivity index (χ4v) is 4.98. The van der Waals surface area contributed by atoms with E-state index in [9.17, 15) is 13.2 Å². The molecule has 0 radical (unpaired) electrons. The van der Waals surface area contributed by atoms with Gasteiger partial charge in [0.05, 0.1) is 7.11 Å². The zero-order chi connectivity index (χ0) is 20.1. The largest absolute Gasteiger partial charge is 0.495 e. The van der Waals surface area contributed by atoms with Crippen LogP contribution in [0.1, 0.15) is 41.6 Å². The molecule has 2 aromatic carbocycles. The van der Waals surface area contributed by atoms with Gasteiger partial charge < -0.3 is 10.1 Å². The van der Waals surface area contributed by atoms with Gasteiger partial charge in [0.15, 0.2) is 0 Å². The number of carbonyl (C=O) groups is 1. The lowest BCUT2D eigenvalue weighted by atomic mass is 10.2. The first-order valence-corrected chi connectivity index (χ1v) is 10.9. The molecule has 28 heavy (non-hydrogen) atoms. The molecule has 150 valence electrons. The molecule has 1 fully saturated rings. The highest BCUT2D eigenvalue weighted by Gasteiger charge is 2.29. The van der Waals surface area contributed by atoms with E-state index < -0.39 is 10.0 Å². The van der Waals surface area contributed by atoms with Crippen molar-refractivity contribution in [2.45, 2.75) is 37.5 Å². The monoisotopic (exact) mass is 402 g/mol. The van der Waals surface area contributed by atoms with Gasteiger partial charge in [0.1, 0.15) is 10.6 Å². The van der Waals surface area contributed by atoms with Crippen molar-refractivity contribution in [3.8, 4) is 5.75 Å². The van der Waals surface area contributed by atoms with Crippen LogP contribution in [0.15, 0.2) is 47.4 Å². The molecule has 1 aliphatic rings. The van der Waals surface area contributed by atoms with Gasteiger partial charge >= 0.3 is 0 Å². The maximum atomic E-state index is 13.2.